The molecule has 7 nitrogen and oxygen atoms in total. The molecule has 0 saturated heterocycles. The Labute approximate surface area is 181 Å². The van der Waals surface area contributed by atoms with Crippen LogP contribution in [0.3, 0.4) is 0 Å². The minimum Gasteiger partial charge on any atom is -0.494 e. The fourth-order valence-electron chi connectivity index (χ4n) is 2.86. The molecule has 3 aromatic rings. The van der Waals surface area contributed by atoms with E-state index in [-0.39, 0.29) is 11.7 Å². The van der Waals surface area contributed by atoms with E-state index in [1.165, 1.54) is 17.3 Å². The van der Waals surface area contributed by atoms with Crippen LogP contribution in [0.2, 0.25) is 0 Å². The summed E-state index contributed by atoms with van der Waals surface area (Å²) < 4.78 is 7.44. The second-order valence-electron chi connectivity index (χ2n) is 6.66. The number of thioether (sulfide) groups is 1. The number of rotatable bonds is 10. The van der Waals surface area contributed by atoms with Crippen LogP contribution >= 0.6 is 11.8 Å². The number of amides is 1. The first-order valence-electron chi connectivity index (χ1n) is 9.97. The Hall–Kier alpha value is -3.00. The molecule has 2 N–H and O–H groups in total. The Morgan fingerprint density at radius 3 is 2.40 bits per heavy atom. The van der Waals surface area contributed by atoms with Crippen molar-refractivity contribution in [1.82, 2.24) is 14.8 Å². The number of anilines is 2. The van der Waals surface area contributed by atoms with Gasteiger partial charge in [0.2, 0.25) is 5.91 Å². The minimum atomic E-state index is -0.0888. The summed E-state index contributed by atoms with van der Waals surface area (Å²) in [5, 5.41) is 15.5. The predicted molar refractivity (Wildman–Crippen MR) is 121 cm³/mol. The maximum absolute atomic E-state index is 12.3. The van der Waals surface area contributed by atoms with E-state index in [2.05, 4.69) is 39.9 Å². The molecule has 0 radical (unpaired) electrons. The molecule has 2 aromatic carbocycles. The summed E-state index contributed by atoms with van der Waals surface area (Å²) in [6.07, 6.45) is 0. The molecule has 3 rings (SSSR count). The van der Waals surface area contributed by atoms with Crippen LogP contribution in [0.4, 0.5) is 11.4 Å². The van der Waals surface area contributed by atoms with Gasteiger partial charge in [-0.3, -0.25) is 4.79 Å². The SMILES string of the molecule is CCOc1ccc(NC(=O)CSc2nnc(CNc3ccc(C)cc3)n2CC)cc1. The molecule has 0 unspecified atom stereocenters. The van der Waals surface area contributed by atoms with Crippen molar-refractivity contribution in [3.05, 3.63) is 59.9 Å². The van der Waals surface area contributed by atoms with E-state index in [0.29, 0.717) is 13.2 Å². The Morgan fingerprint density at radius 1 is 1.03 bits per heavy atom. The summed E-state index contributed by atoms with van der Waals surface area (Å²) in [5.41, 5.74) is 3.00. The van der Waals surface area contributed by atoms with E-state index < -0.39 is 0 Å². The van der Waals surface area contributed by atoms with Gasteiger partial charge in [0, 0.05) is 17.9 Å². The minimum absolute atomic E-state index is 0.0888. The smallest absolute Gasteiger partial charge is 0.234 e. The molecule has 1 aromatic heterocycles. The van der Waals surface area contributed by atoms with E-state index in [9.17, 15) is 4.79 Å². The fourth-order valence-corrected chi connectivity index (χ4v) is 3.68. The lowest BCUT2D eigenvalue weighted by atomic mass is 10.2. The Bertz CT molecular complexity index is 955. The second kappa shape index (κ2) is 10.7. The summed E-state index contributed by atoms with van der Waals surface area (Å²) in [5.74, 6) is 1.80. The highest BCUT2D eigenvalue weighted by molar-refractivity contribution is 7.99. The standard InChI is InChI=1S/C22H27N5O2S/c1-4-27-20(14-23-17-8-6-16(3)7-9-17)25-26-22(27)30-15-21(28)24-18-10-12-19(13-11-18)29-5-2/h6-13,23H,4-5,14-15H2,1-3H3,(H,24,28). The lowest BCUT2D eigenvalue weighted by Crippen LogP contribution is -2.15. The largest absolute Gasteiger partial charge is 0.494 e. The van der Waals surface area contributed by atoms with Crippen LogP contribution in [0.25, 0.3) is 0 Å². The van der Waals surface area contributed by atoms with Crippen LogP contribution in [0.15, 0.2) is 53.7 Å². The maximum atomic E-state index is 12.3. The molecule has 0 aliphatic heterocycles. The van der Waals surface area contributed by atoms with Crippen LogP contribution in [0.5, 0.6) is 5.75 Å². The molecule has 1 heterocycles. The van der Waals surface area contributed by atoms with Crippen molar-refractivity contribution < 1.29 is 9.53 Å². The highest BCUT2D eigenvalue weighted by atomic mass is 32.2. The number of aromatic nitrogens is 3. The van der Waals surface area contributed by atoms with Gasteiger partial charge in [0.25, 0.3) is 0 Å². The number of aryl methyl sites for hydroxylation is 1. The number of carbonyl (C=O) groups is 1. The van der Waals surface area contributed by atoms with Gasteiger partial charge in [-0.05, 0) is 57.2 Å². The van der Waals surface area contributed by atoms with Crippen molar-refractivity contribution in [2.45, 2.75) is 39.0 Å². The normalized spacial score (nSPS) is 10.6. The number of ether oxygens (including phenoxy) is 1. The maximum Gasteiger partial charge on any atom is 0.234 e. The van der Waals surface area contributed by atoms with Crippen molar-refractivity contribution in [2.75, 3.05) is 23.0 Å². The molecule has 0 fully saturated rings. The number of hydrogen-bond donors (Lipinski definition) is 2. The van der Waals surface area contributed by atoms with Gasteiger partial charge in [0.05, 0.1) is 18.9 Å². The third-order valence-electron chi connectivity index (χ3n) is 4.39. The predicted octanol–water partition coefficient (Wildman–Crippen LogP) is 4.35. The molecule has 0 aliphatic carbocycles. The number of hydrogen-bond acceptors (Lipinski definition) is 6. The summed E-state index contributed by atoms with van der Waals surface area (Å²) in [6.45, 7) is 7.97. The first-order valence-corrected chi connectivity index (χ1v) is 11.0. The summed E-state index contributed by atoms with van der Waals surface area (Å²) in [4.78, 5) is 12.3. The lowest BCUT2D eigenvalue weighted by Gasteiger charge is -2.10. The average Bonchev–Trinajstić information content (AvgIpc) is 3.15. The van der Waals surface area contributed by atoms with E-state index >= 15 is 0 Å². The molecule has 0 saturated carbocycles. The van der Waals surface area contributed by atoms with E-state index in [4.69, 9.17) is 4.74 Å². The van der Waals surface area contributed by atoms with Crippen LogP contribution in [0.1, 0.15) is 25.2 Å². The third kappa shape index (κ3) is 6.00. The van der Waals surface area contributed by atoms with Gasteiger partial charge in [-0.1, -0.05) is 29.5 Å². The van der Waals surface area contributed by atoms with Gasteiger partial charge in [0.15, 0.2) is 11.0 Å². The molecule has 0 bridgehead atoms. The molecular weight excluding hydrogens is 398 g/mol. The number of nitrogens with zero attached hydrogens (tertiary/aromatic N) is 3. The average molecular weight is 426 g/mol. The monoisotopic (exact) mass is 425 g/mol. The molecule has 158 valence electrons. The second-order valence-corrected chi connectivity index (χ2v) is 7.60. The number of nitrogens with one attached hydrogen (secondary N) is 2. The molecule has 0 spiro atoms. The van der Waals surface area contributed by atoms with Gasteiger partial charge in [-0.15, -0.1) is 10.2 Å². The third-order valence-corrected chi connectivity index (χ3v) is 5.36. The van der Waals surface area contributed by atoms with Crippen molar-refractivity contribution >= 4 is 29.0 Å². The fraction of sp³-hybridized carbons (Fsp3) is 0.318. The van der Waals surface area contributed by atoms with E-state index in [1.807, 2.05) is 54.8 Å². The van der Waals surface area contributed by atoms with Gasteiger partial charge in [-0.2, -0.15) is 0 Å². The zero-order chi connectivity index (χ0) is 21.3. The Balaban J connectivity index is 1.53. The van der Waals surface area contributed by atoms with Gasteiger partial charge >= 0.3 is 0 Å². The summed E-state index contributed by atoms with van der Waals surface area (Å²) in [7, 11) is 0. The Kier molecular flexibility index (Phi) is 7.73. The topological polar surface area (TPSA) is 81.1 Å². The van der Waals surface area contributed by atoms with Crippen LogP contribution in [-0.2, 0) is 17.9 Å². The molecule has 30 heavy (non-hydrogen) atoms. The van der Waals surface area contributed by atoms with Gasteiger partial charge in [-0.25, -0.2) is 0 Å². The summed E-state index contributed by atoms with van der Waals surface area (Å²) in [6, 6.07) is 15.6. The van der Waals surface area contributed by atoms with Crippen molar-refractivity contribution in [2.24, 2.45) is 0 Å². The van der Waals surface area contributed by atoms with Crippen molar-refractivity contribution in [3.8, 4) is 5.75 Å². The lowest BCUT2D eigenvalue weighted by molar-refractivity contribution is -0.113. The van der Waals surface area contributed by atoms with Gasteiger partial charge < -0.3 is 19.9 Å². The quantitative estimate of drug-likeness (QED) is 0.470. The molecule has 0 atom stereocenters. The van der Waals surface area contributed by atoms with Crippen LogP contribution < -0.4 is 15.4 Å². The zero-order valence-electron chi connectivity index (χ0n) is 17.5. The molecule has 0 aliphatic rings. The van der Waals surface area contributed by atoms with Crippen molar-refractivity contribution in [1.29, 1.82) is 0 Å². The number of carbonyl (C=O) groups excluding carboxylic acids is 1. The molecular formula is C22H27N5O2S. The number of benzene rings is 2. The zero-order valence-corrected chi connectivity index (χ0v) is 18.3. The first kappa shape index (κ1) is 21.7. The highest BCUT2D eigenvalue weighted by Crippen LogP contribution is 2.20. The Morgan fingerprint density at radius 2 is 1.73 bits per heavy atom. The molecule has 1 amide bonds. The van der Waals surface area contributed by atoms with E-state index in [1.54, 1.807) is 0 Å². The highest BCUT2D eigenvalue weighted by Gasteiger charge is 2.13. The molecule has 8 heteroatoms. The van der Waals surface area contributed by atoms with Gasteiger partial charge in [0.1, 0.15) is 5.75 Å². The van der Waals surface area contributed by atoms with Crippen molar-refractivity contribution in [3.63, 3.8) is 0 Å². The van der Waals surface area contributed by atoms with E-state index in [0.717, 1.165) is 34.6 Å². The first-order chi connectivity index (χ1) is 14.6. The van der Waals surface area contributed by atoms with Crippen LogP contribution in [-0.4, -0.2) is 33.0 Å². The van der Waals surface area contributed by atoms with Crippen LogP contribution in [0, 0.1) is 6.92 Å². The summed E-state index contributed by atoms with van der Waals surface area (Å²) >= 11 is 1.38.